The smallest absolute Gasteiger partial charge is 0.508 e. The largest absolute Gasteiger partial charge is 0.573 e. The number of methoxy groups -OCH3 is 1. The molecule has 1 heterocycles. The molecule has 0 fully saturated rings. The third-order valence-corrected chi connectivity index (χ3v) is 5.03. The summed E-state index contributed by atoms with van der Waals surface area (Å²) in [6, 6.07) is 15.0. The number of fused-ring (bicyclic) bond motifs is 1. The van der Waals surface area contributed by atoms with Crippen LogP contribution in [0.15, 0.2) is 60.7 Å². The lowest BCUT2D eigenvalue weighted by Gasteiger charge is -2.13. The van der Waals surface area contributed by atoms with Crippen molar-refractivity contribution < 1.29 is 32.5 Å². The van der Waals surface area contributed by atoms with Crippen molar-refractivity contribution in [2.45, 2.75) is 13.3 Å². The first-order chi connectivity index (χ1) is 15.2. The maximum Gasteiger partial charge on any atom is 0.573 e. The number of ketones is 1. The fourth-order valence-corrected chi connectivity index (χ4v) is 3.70. The van der Waals surface area contributed by atoms with Gasteiger partial charge in [-0.3, -0.25) is 4.79 Å². The molecule has 0 bridgehead atoms. The number of aromatic amines is 1. The van der Waals surface area contributed by atoms with Gasteiger partial charge in [-0.2, -0.15) is 0 Å². The van der Waals surface area contributed by atoms with Gasteiger partial charge < -0.3 is 19.6 Å². The number of H-pyrrole nitrogens is 1. The van der Waals surface area contributed by atoms with Gasteiger partial charge in [0.25, 0.3) is 0 Å². The lowest BCUT2D eigenvalue weighted by Crippen LogP contribution is -2.17. The van der Waals surface area contributed by atoms with Crippen molar-refractivity contribution >= 4 is 16.7 Å². The minimum absolute atomic E-state index is 0.0620. The number of aryl methyl sites for hydroxylation is 1. The van der Waals surface area contributed by atoms with Crippen molar-refractivity contribution in [2.75, 3.05) is 7.11 Å². The van der Waals surface area contributed by atoms with Crippen LogP contribution in [0.25, 0.3) is 22.0 Å². The summed E-state index contributed by atoms with van der Waals surface area (Å²) in [5, 5.41) is 10.3. The molecule has 164 valence electrons. The number of ether oxygens (including phenoxy) is 2. The SMILES string of the molecule is COc1ccc(C(=O)c2c(C)[nH]c3cc(OC(F)(F)F)cc(-c4cccc(O)c4)c23)cc1. The van der Waals surface area contributed by atoms with Gasteiger partial charge in [-0.15, -0.1) is 13.2 Å². The predicted molar refractivity (Wildman–Crippen MR) is 113 cm³/mol. The van der Waals surface area contributed by atoms with Crippen molar-refractivity contribution in [2.24, 2.45) is 0 Å². The first kappa shape index (κ1) is 21.3. The second-order valence-electron chi connectivity index (χ2n) is 7.17. The Bertz CT molecular complexity index is 1310. The standard InChI is InChI=1S/C24H18F3NO4/c1-13-21(23(30)14-6-8-17(31-2)9-7-14)22-19(15-4-3-5-16(29)10-15)11-18(12-20(22)28-13)32-24(25,26)27/h3-12,28-29H,1-2H3. The second-order valence-corrected chi connectivity index (χ2v) is 7.17. The zero-order valence-corrected chi connectivity index (χ0v) is 17.1. The summed E-state index contributed by atoms with van der Waals surface area (Å²) in [4.78, 5) is 16.4. The zero-order chi connectivity index (χ0) is 23.0. The predicted octanol–water partition coefficient (Wildman–Crippen LogP) is 5.99. The number of halogens is 3. The maximum atomic E-state index is 13.4. The van der Waals surface area contributed by atoms with Crippen molar-refractivity contribution in [1.29, 1.82) is 0 Å². The summed E-state index contributed by atoms with van der Waals surface area (Å²) in [6.07, 6.45) is -4.88. The molecule has 0 unspecified atom stereocenters. The molecule has 8 heteroatoms. The van der Waals surface area contributed by atoms with Gasteiger partial charge in [-0.05, 0) is 60.5 Å². The highest BCUT2D eigenvalue weighted by atomic mass is 19.4. The Morgan fingerprint density at radius 2 is 1.72 bits per heavy atom. The number of benzene rings is 3. The molecule has 0 amide bonds. The molecule has 0 aliphatic heterocycles. The van der Waals surface area contributed by atoms with Gasteiger partial charge >= 0.3 is 6.36 Å². The summed E-state index contributed by atoms with van der Waals surface area (Å²) < 4.78 is 48.0. The minimum atomic E-state index is -4.88. The van der Waals surface area contributed by atoms with E-state index >= 15 is 0 Å². The number of carbonyl (C=O) groups excluding carboxylic acids is 1. The van der Waals surface area contributed by atoms with Crippen molar-refractivity contribution in [3.63, 3.8) is 0 Å². The van der Waals surface area contributed by atoms with E-state index in [-0.39, 0.29) is 11.5 Å². The number of phenols is 1. The molecule has 3 aromatic carbocycles. The van der Waals surface area contributed by atoms with E-state index < -0.39 is 12.1 Å². The Kier molecular flexibility index (Phi) is 5.30. The average molecular weight is 441 g/mol. The van der Waals surface area contributed by atoms with E-state index in [0.29, 0.717) is 44.6 Å². The Hall–Kier alpha value is -3.94. The monoisotopic (exact) mass is 441 g/mol. The molecule has 0 aliphatic rings. The van der Waals surface area contributed by atoms with Crippen LogP contribution >= 0.6 is 0 Å². The van der Waals surface area contributed by atoms with Crippen LogP contribution in [-0.4, -0.2) is 29.3 Å². The van der Waals surface area contributed by atoms with Crippen LogP contribution in [0.3, 0.4) is 0 Å². The number of phenolic OH excluding ortho intramolecular Hbond substituents is 1. The summed E-state index contributed by atoms with van der Waals surface area (Å²) >= 11 is 0. The summed E-state index contributed by atoms with van der Waals surface area (Å²) in [6.45, 7) is 1.67. The number of hydrogen-bond donors (Lipinski definition) is 2. The second kappa shape index (κ2) is 7.96. The minimum Gasteiger partial charge on any atom is -0.508 e. The molecule has 0 aliphatic carbocycles. The third kappa shape index (κ3) is 4.12. The molecular formula is C24H18F3NO4. The molecule has 32 heavy (non-hydrogen) atoms. The first-order valence-corrected chi connectivity index (χ1v) is 9.56. The summed E-state index contributed by atoms with van der Waals surface area (Å²) in [5.41, 5.74) is 2.27. The van der Waals surface area contributed by atoms with Crippen LogP contribution in [0.1, 0.15) is 21.6 Å². The van der Waals surface area contributed by atoms with Gasteiger partial charge in [0.05, 0.1) is 18.2 Å². The van der Waals surface area contributed by atoms with E-state index in [9.17, 15) is 23.1 Å². The van der Waals surface area contributed by atoms with Gasteiger partial charge in [-0.25, -0.2) is 0 Å². The van der Waals surface area contributed by atoms with Crippen molar-refractivity contribution in [1.82, 2.24) is 4.98 Å². The molecule has 4 rings (SSSR count). The van der Waals surface area contributed by atoms with Gasteiger partial charge in [-0.1, -0.05) is 12.1 Å². The Morgan fingerprint density at radius 3 is 2.34 bits per heavy atom. The van der Waals surface area contributed by atoms with E-state index in [1.807, 2.05) is 0 Å². The van der Waals surface area contributed by atoms with E-state index in [4.69, 9.17) is 4.74 Å². The van der Waals surface area contributed by atoms with Gasteiger partial charge in [0.15, 0.2) is 5.78 Å². The zero-order valence-electron chi connectivity index (χ0n) is 17.1. The molecule has 0 atom stereocenters. The van der Waals surface area contributed by atoms with Crippen LogP contribution in [0.5, 0.6) is 17.2 Å². The molecule has 0 radical (unpaired) electrons. The number of hydrogen-bond acceptors (Lipinski definition) is 4. The number of aromatic hydroxyl groups is 1. The van der Waals surface area contributed by atoms with Crippen LogP contribution in [0.2, 0.25) is 0 Å². The number of alkyl halides is 3. The highest BCUT2D eigenvalue weighted by Crippen LogP contribution is 2.39. The van der Waals surface area contributed by atoms with Crippen LogP contribution in [0, 0.1) is 6.92 Å². The van der Waals surface area contributed by atoms with Gasteiger partial charge in [0, 0.05) is 22.7 Å². The van der Waals surface area contributed by atoms with Crippen LogP contribution in [0.4, 0.5) is 13.2 Å². The van der Waals surface area contributed by atoms with E-state index in [2.05, 4.69) is 9.72 Å². The first-order valence-electron chi connectivity index (χ1n) is 9.56. The van der Waals surface area contributed by atoms with Crippen LogP contribution in [-0.2, 0) is 0 Å². The lowest BCUT2D eigenvalue weighted by molar-refractivity contribution is -0.274. The highest BCUT2D eigenvalue weighted by Gasteiger charge is 2.32. The average Bonchev–Trinajstić information content (AvgIpc) is 3.07. The Labute approximate surface area is 181 Å². The third-order valence-electron chi connectivity index (χ3n) is 5.03. The Morgan fingerprint density at radius 1 is 1.00 bits per heavy atom. The fourth-order valence-electron chi connectivity index (χ4n) is 3.70. The fraction of sp³-hybridized carbons (Fsp3) is 0.125. The quantitative estimate of drug-likeness (QED) is 0.374. The molecular weight excluding hydrogens is 423 g/mol. The molecule has 5 nitrogen and oxygen atoms in total. The topological polar surface area (TPSA) is 71.6 Å². The van der Waals surface area contributed by atoms with Gasteiger partial charge in [0.1, 0.15) is 17.2 Å². The normalized spacial score (nSPS) is 11.5. The molecule has 1 aromatic heterocycles. The highest BCUT2D eigenvalue weighted by molar-refractivity contribution is 6.20. The molecule has 0 saturated heterocycles. The molecule has 0 saturated carbocycles. The van der Waals surface area contributed by atoms with Crippen molar-refractivity contribution in [3.8, 4) is 28.4 Å². The number of carbonyl (C=O) groups is 1. The van der Waals surface area contributed by atoms with E-state index in [1.165, 1.54) is 31.4 Å². The van der Waals surface area contributed by atoms with Crippen molar-refractivity contribution in [3.05, 3.63) is 77.5 Å². The number of aromatic nitrogens is 1. The maximum absolute atomic E-state index is 13.4. The van der Waals surface area contributed by atoms with E-state index in [0.717, 1.165) is 0 Å². The number of nitrogens with one attached hydrogen (secondary N) is 1. The molecule has 4 aromatic rings. The summed E-state index contributed by atoms with van der Waals surface area (Å²) in [5.74, 6) is -0.213. The van der Waals surface area contributed by atoms with Crippen LogP contribution < -0.4 is 9.47 Å². The molecule has 2 N–H and O–H groups in total. The van der Waals surface area contributed by atoms with E-state index in [1.54, 1.807) is 43.3 Å². The molecule has 0 spiro atoms. The lowest BCUT2D eigenvalue weighted by atomic mass is 9.94. The number of rotatable bonds is 5. The summed E-state index contributed by atoms with van der Waals surface area (Å²) in [7, 11) is 1.52. The van der Waals surface area contributed by atoms with Gasteiger partial charge in [0.2, 0.25) is 0 Å². The Balaban J connectivity index is 1.96.